The zero-order valence-corrected chi connectivity index (χ0v) is 11.6. The van der Waals surface area contributed by atoms with Gasteiger partial charge in [-0.2, -0.15) is 0 Å². The second-order valence-electron chi connectivity index (χ2n) is 4.09. The van der Waals surface area contributed by atoms with E-state index < -0.39 is 0 Å². The van der Waals surface area contributed by atoms with E-state index in [1.807, 2.05) is 26.8 Å². The highest BCUT2D eigenvalue weighted by atomic mass is 19.1. The molecule has 17 heavy (non-hydrogen) atoms. The molecule has 1 aromatic rings. The van der Waals surface area contributed by atoms with Crippen LogP contribution in [-0.2, 0) is 6.42 Å². The van der Waals surface area contributed by atoms with Crippen LogP contribution in [0, 0.1) is 5.82 Å². The Kier molecular flexibility index (Phi) is 8.39. The van der Waals surface area contributed by atoms with Crippen molar-refractivity contribution < 1.29 is 4.39 Å². The minimum Gasteiger partial charge on any atom is -0.207 e. The van der Waals surface area contributed by atoms with E-state index in [0.717, 1.165) is 29.5 Å². The van der Waals surface area contributed by atoms with Gasteiger partial charge in [0.15, 0.2) is 0 Å². The average molecular weight is 236 g/mol. The fourth-order valence-corrected chi connectivity index (χ4v) is 1.62. The number of halogens is 1. The summed E-state index contributed by atoms with van der Waals surface area (Å²) in [5.74, 6) is -0.151. The highest BCUT2D eigenvalue weighted by Crippen LogP contribution is 2.17. The Labute approximate surface area is 106 Å². The van der Waals surface area contributed by atoms with Crippen molar-refractivity contribution in [3.8, 4) is 0 Å². The molecule has 0 amide bonds. The van der Waals surface area contributed by atoms with Crippen LogP contribution in [0.3, 0.4) is 0 Å². The maximum Gasteiger partial charge on any atom is 0.124 e. The Morgan fingerprint density at radius 3 is 2.35 bits per heavy atom. The SMILES string of the molecule is C=C(C)c1cc(F)cc(CCCCC)c1.CC. The van der Waals surface area contributed by atoms with Gasteiger partial charge in [-0.1, -0.05) is 51.8 Å². The van der Waals surface area contributed by atoms with E-state index in [1.54, 1.807) is 12.1 Å². The van der Waals surface area contributed by atoms with Crippen molar-refractivity contribution in [2.75, 3.05) is 0 Å². The summed E-state index contributed by atoms with van der Waals surface area (Å²) in [6, 6.07) is 5.22. The summed E-state index contributed by atoms with van der Waals surface area (Å²) < 4.78 is 13.3. The van der Waals surface area contributed by atoms with Crippen molar-refractivity contribution in [3.05, 3.63) is 41.7 Å². The lowest BCUT2D eigenvalue weighted by atomic mass is 10.0. The van der Waals surface area contributed by atoms with E-state index in [0.29, 0.717) is 0 Å². The van der Waals surface area contributed by atoms with E-state index in [4.69, 9.17) is 0 Å². The van der Waals surface area contributed by atoms with Crippen molar-refractivity contribution >= 4 is 5.57 Å². The third kappa shape index (κ3) is 6.25. The number of hydrogen-bond acceptors (Lipinski definition) is 0. The first-order valence-corrected chi connectivity index (χ1v) is 6.59. The standard InChI is InChI=1S/C14H19F.C2H6/c1-4-5-6-7-12-8-13(11(2)3)10-14(15)9-12;1-2/h8-10H,2,4-7H2,1,3H3;1-2H3. The lowest BCUT2D eigenvalue weighted by Gasteiger charge is -2.05. The van der Waals surface area contributed by atoms with Gasteiger partial charge < -0.3 is 0 Å². The Morgan fingerprint density at radius 2 is 1.82 bits per heavy atom. The molecule has 0 aliphatic rings. The van der Waals surface area contributed by atoms with E-state index in [2.05, 4.69) is 13.5 Å². The minimum atomic E-state index is -0.151. The average Bonchev–Trinajstić information content (AvgIpc) is 2.31. The zero-order valence-electron chi connectivity index (χ0n) is 11.6. The van der Waals surface area contributed by atoms with Crippen molar-refractivity contribution in [2.45, 2.75) is 53.4 Å². The van der Waals surface area contributed by atoms with E-state index >= 15 is 0 Å². The van der Waals surface area contributed by atoms with Gasteiger partial charge in [-0.3, -0.25) is 0 Å². The monoisotopic (exact) mass is 236 g/mol. The quantitative estimate of drug-likeness (QED) is 0.582. The fraction of sp³-hybridized carbons (Fsp3) is 0.500. The highest BCUT2D eigenvalue weighted by molar-refractivity contribution is 5.61. The van der Waals surface area contributed by atoms with Crippen molar-refractivity contribution in [1.29, 1.82) is 0 Å². The van der Waals surface area contributed by atoms with Gasteiger partial charge in [-0.05, 0) is 43.0 Å². The number of hydrogen-bond donors (Lipinski definition) is 0. The predicted octanol–water partition coefficient (Wildman–Crippen LogP) is 5.62. The van der Waals surface area contributed by atoms with Crippen molar-refractivity contribution in [2.24, 2.45) is 0 Å². The minimum absolute atomic E-state index is 0.151. The van der Waals surface area contributed by atoms with Crippen LogP contribution >= 0.6 is 0 Å². The van der Waals surface area contributed by atoms with Gasteiger partial charge in [-0.25, -0.2) is 4.39 Å². The Morgan fingerprint density at radius 1 is 1.18 bits per heavy atom. The molecule has 0 heterocycles. The molecule has 0 fully saturated rings. The van der Waals surface area contributed by atoms with E-state index in [1.165, 1.54) is 12.8 Å². The molecule has 1 heteroatoms. The molecule has 0 nitrogen and oxygen atoms in total. The molecule has 1 aromatic carbocycles. The normalized spacial score (nSPS) is 9.47. The molecular formula is C16H25F. The summed E-state index contributed by atoms with van der Waals surface area (Å²) in [6.07, 6.45) is 4.50. The molecule has 0 atom stereocenters. The molecule has 0 spiro atoms. The Hall–Kier alpha value is -1.11. The summed E-state index contributed by atoms with van der Waals surface area (Å²) in [5, 5.41) is 0. The number of unbranched alkanes of at least 4 members (excludes halogenated alkanes) is 2. The molecule has 0 radical (unpaired) electrons. The van der Waals surface area contributed by atoms with Gasteiger partial charge >= 0.3 is 0 Å². The summed E-state index contributed by atoms with van der Waals surface area (Å²) in [4.78, 5) is 0. The molecule has 0 unspecified atom stereocenters. The summed E-state index contributed by atoms with van der Waals surface area (Å²) >= 11 is 0. The smallest absolute Gasteiger partial charge is 0.124 e. The van der Waals surface area contributed by atoms with Gasteiger partial charge in [0.25, 0.3) is 0 Å². The second kappa shape index (κ2) is 8.98. The number of allylic oxidation sites excluding steroid dienone is 1. The highest BCUT2D eigenvalue weighted by Gasteiger charge is 2.01. The zero-order chi connectivity index (χ0) is 13.3. The topological polar surface area (TPSA) is 0 Å². The lowest BCUT2D eigenvalue weighted by molar-refractivity contribution is 0.622. The van der Waals surface area contributed by atoms with Crippen LogP contribution in [0.1, 0.15) is 58.1 Å². The maximum absolute atomic E-state index is 13.3. The van der Waals surface area contributed by atoms with E-state index in [-0.39, 0.29) is 5.82 Å². The molecular weight excluding hydrogens is 211 g/mol. The molecule has 0 N–H and O–H groups in total. The lowest BCUT2D eigenvalue weighted by Crippen LogP contribution is -1.90. The first kappa shape index (κ1) is 15.9. The van der Waals surface area contributed by atoms with Gasteiger partial charge in [0, 0.05) is 0 Å². The molecule has 96 valence electrons. The third-order valence-electron chi connectivity index (χ3n) is 2.52. The molecule has 0 aromatic heterocycles. The largest absolute Gasteiger partial charge is 0.207 e. The van der Waals surface area contributed by atoms with Gasteiger partial charge in [-0.15, -0.1) is 0 Å². The molecule has 0 saturated carbocycles. The predicted molar refractivity (Wildman–Crippen MR) is 75.7 cm³/mol. The summed E-state index contributed by atoms with van der Waals surface area (Å²) in [5.41, 5.74) is 2.93. The Bertz CT molecular complexity index is 339. The van der Waals surface area contributed by atoms with Crippen LogP contribution < -0.4 is 0 Å². The number of rotatable bonds is 5. The van der Waals surface area contributed by atoms with Crippen molar-refractivity contribution in [1.82, 2.24) is 0 Å². The molecule has 0 saturated heterocycles. The van der Waals surface area contributed by atoms with Crippen LogP contribution in [0.25, 0.3) is 5.57 Å². The van der Waals surface area contributed by atoms with Gasteiger partial charge in [0.2, 0.25) is 0 Å². The third-order valence-corrected chi connectivity index (χ3v) is 2.52. The van der Waals surface area contributed by atoms with Crippen molar-refractivity contribution in [3.63, 3.8) is 0 Å². The fourth-order valence-electron chi connectivity index (χ4n) is 1.62. The van der Waals surface area contributed by atoms with Crippen LogP contribution in [0.2, 0.25) is 0 Å². The molecule has 1 rings (SSSR count). The molecule has 0 bridgehead atoms. The van der Waals surface area contributed by atoms with Crippen LogP contribution in [0.4, 0.5) is 4.39 Å². The first-order valence-electron chi connectivity index (χ1n) is 6.59. The molecule has 0 aliphatic heterocycles. The Balaban J connectivity index is 0.00000121. The van der Waals surface area contributed by atoms with Crippen LogP contribution in [-0.4, -0.2) is 0 Å². The first-order chi connectivity index (χ1) is 8.13. The summed E-state index contributed by atoms with van der Waals surface area (Å²) in [7, 11) is 0. The maximum atomic E-state index is 13.3. The van der Waals surface area contributed by atoms with Gasteiger partial charge in [0.1, 0.15) is 5.82 Å². The molecule has 0 aliphatic carbocycles. The number of aryl methyl sites for hydroxylation is 1. The second-order valence-corrected chi connectivity index (χ2v) is 4.09. The van der Waals surface area contributed by atoms with E-state index in [9.17, 15) is 4.39 Å². The van der Waals surface area contributed by atoms with Crippen LogP contribution in [0.5, 0.6) is 0 Å². The van der Waals surface area contributed by atoms with Crippen LogP contribution in [0.15, 0.2) is 24.8 Å². The number of benzene rings is 1. The summed E-state index contributed by atoms with van der Waals surface area (Å²) in [6.45, 7) is 11.9. The van der Waals surface area contributed by atoms with Gasteiger partial charge in [0.05, 0.1) is 0 Å².